The molecule has 1 heterocycles. The van der Waals surface area contributed by atoms with Crippen molar-refractivity contribution in [3.05, 3.63) is 17.5 Å². The number of aryl methyl sites for hydroxylation is 2. The Morgan fingerprint density at radius 1 is 1.29 bits per heavy atom. The highest BCUT2D eigenvalue weighted by atomic mass is 15.3. The second-order valence-corrected chi connectivity index (χ2v) is 6.76. The van der Waals surface area contributed by atoms with E-state index < -0.39 is 0 Å². The molecular formula is C18H35N3. The van der Waals surface area contributed by atoms with E-state index in [9.17, 15) is 0 Å². The molecule has 0 aliphatic rings. The van der Waals surface area contributed by atoms with Gasteiger partial charge in [-0.25, -0.2) is 0 Å². The van der Waals surface area contributed by atoms with Gasteiger partial charge < -0.3 is 5.32 Å². The average Bonchev–Trinajstić information content (AvgIpc) is 2.81. The van der Waals surface area contributed by atoms with Gasteiger partial charge >= 0.3 is 0 Å². The van der Waals surface area contributed by atoms with Crippen LogP contribution >= 0.6 is 0 Å². The quantitative estimate of drug-likeness (QED) is 0.695. The molecule has 0 saturated carbocycles. The van der Waals surface area contributed by atoms with Gasteiger partial charge in [0.15, 0.2) is 0 Å². The average molecular weight is 293 g/mol. The maximum Gasteiger partial charge on any atom is 0.0596 e. The fraction of sp³-hybridized carbons (Fsp3) is 0.833. The normalized spacial score (nSPS) is 14.6. The Labute approximate surface area is 131 Å². The SMILES string of the molecule is CCCCC(CC)(CNC(C)C)Cc1cc(C)nn1CC. The van der Waals surface area contributed by atoms with Crippen molar-refractivity contribution in [1.29, 1.82) is 0 Å². The van der Waals surface area contributed by atoms with E-state index in [1.807, 2.05) is 0 Å². The summed E-state index contributed by atoms with van der Waals surface area (Å²) in [5, 5.41) is 8.30. The predicted octanol–water partition coefficient (Wildman–Crippen LogP) is 4.34. The topological polar surface area (TPSA) is 29.9 Å². The Bertz CT molecular complexity index is 409. The Balaban J connectivity index is 2.92. The Kier molecular flexibility index (Phi) is 7.44. The predicted molar refractivity (Wildman–Crippen MR) is 91.7 cm³/mol. The summed E-state index contributed by atoms with van der Waals surface area (Å²) in [5.74, 6) is 0. The summed E-state index contributed by atoms with van der Waals surface area (Å²) in [5.41, 5.74) is 2.90. The van der Waals surface area contributed by atoms with Crippen LogP contribution in [0.1, 0.15) is 71.7 Å². The third kappa shape index (κ3) is 5.46. The molecule has 0 radical (unpaired) electrons. The smallest absolute Gasteiger partial charge is 0.0596 e. The molecule has 0 saturated heterocycles. The van der Waals surface area contributed by atoms with Crippen LogP contribution in [0.15, 0.2) is 6.07 Å². The van der Waals surface area contributed by atoms with E-state index in [2.05, 4.69) is 62.7 Å². The minimum Gasteiger partial charge on any atom is -0.314 e. The molecule has 0 aliphatic heterocycles. The Morgan fingerprint density at radius 3 is 2.52 bits per heavy atom. The van der Waals surface area contributed by atoms with E-state index in [0.29, 0.717) is 11.5 Å². The van der Waals surface area contributed by atoms with Crippen LogP contribution in [0.4, 0.5) is 0 Å². The molecule has 1 aromatic heterocycles. The standard InChI is InChI=1S/C18H35N3/c1-7-10-11-18(8-2,14-19-15(4)5)13-17-12-16(6)20-21(17)9-3/h12,15,19H,7-11,13-14H2,1-6H3. The highest BCUT2D eigenvalue weighted by Gasteiger charge is 2.29. The number of nitrogens with zero attached hydrogens (tertiary/aromatic N) is 2. The van der Waals surface area contributed by atoms with E-state index in [1.165, 1.54) is 31.4 Å². The van der Waals surface area contributed by atoms with Crippen molar-refractivity contribution < 1.29 is 0 Å². The highest BCUT2D eigenvalue weighted by molar-refractivity contribution is 5.11. The maximum atomic E-state index is 4.62. The van der Waals surface area contributed by atoms with Gasteiger partial charge in [0.25, 0.3) is 0 Å². The monoisotopic (exact) mass is 293 g/mol. The first kappa shape index (κ1) is 18.2. The van der Waals surface area contributed by atoms with Crippen LogP contribution in [0.2, 0.25) is 0 Å². The Morgan fingerprint density at radius 2 is 2.00 bits per heavy atom. The molecule has 122 valence electrons. The van der Waals surface area contributed by atoms with Gasteiger partial charge in [0.05, 0.1) is 5.69 Å². The zero-order valence-electron chi connectivity index (χ0n) is 15.0. The molecule has 3 heteroatoms. The lowest BCUT2D eigenvalue weighted by molar-refractivity contribution is 0.218. The molecule has 1 N–H and O–H groups in total. The first-order chi connectivity index (χ1) is 9.96. The molecule has 0 spiro atoms. The van der Waals surface area contributed by atoms with Gasteiger partial charge in [-0.05, 0) is 44.6 Å². The first-order valence-electron chi connectivity index (χ1n) is 8.73. The number of unbranched alkanes of at least 4 members (excludes halogenated alkanes) is 1. The van der Waals surface area contributed by atoms with Crippen molar-refractivity contribution in [2.75, 3.05) is 6.54 Å². The number of hydrogen-bond donors (Lipinski definition) is 1. The molecule has 1 unspecified atom stereocenters. The minimum absolute atomic E-state index is 0.361. The molecule has 1 aromatic rings. The molecular weight excluding hydrogens is 258 g/mol. The summed E-state index contributed by atoms with van der Waals surface area (Å²) in [7, 11) is 0. The molecule has 3 nitrogen and oxygen atoms in total. The molecule has 21 heavy (non-hydrogen) atoms. The maximum absolute atomic E-state index is 4.62. The fourth-order valence-electron chi connectivity index (χ4n) is 3.04. The first-order valence-corrected chi connectivity index (χ1v) is 8.73. The second-order valence-electron chi connectivity index (χ2n) is 6.76. The van der Waals surface area contributed by atoms with Crippen molar-refractivity contribution in [2.45, 2.75) is 86.2 Å². The van der Waals surface area contributed by atoms with Gasteiger partial charge in [-0.15, -0.1) is 0 Å². The van der Waals surface area contributed by atoms with Crippen LogP contribution in [0.3, 0.4) is 0 Å². The summed E-state index contributed by atoms with van der Waals surface area (Å²) in [6, 6.07) is 2.82. The van der Waals surface area contributed by atoms with Gasteiger partial charge in [0, 0.05) is 24.8 Å². The molecule has 0 bridgehead atoms. The lowest BCUT2D eigenvalue weighted by Crippen LogP contribution is -2.39. The lowest BCUT2D eigenvalue weighted by Gasteiger charge is -2.34. The number of aromatic nitrogens is 2. The van der Waals surface area contributed by atoms with Crippen LogP contribution in [-0.4, -0.2) is 22.4 Å². The summed E-state index contributed by atoms with van der Waals surface area (Å²) in [6.45, 7) is 15.5. The van der Waals surface area contributed by atoms with E-state index >= 15 is 0 Å². The van der Waals surface area contributed by atoms with E-state index in [0.717, 1.165) is 25.2 Å². The van der Waals surface area contributed by atoms with Gasteiger partial charge in [-0.1, -0.05) is 40.5 Å². The molecule has 1 atom stereocenters. The Hall–Kier alpha value is -0.830. The molecule has 0 amide bonds. The third-order valence-corrected chi connectivity index (χ3v) is 4.54. The van der Waals surface area contributed by atoms with Gasteiger partial charge in [0.2, 0.25) is 0 Å². The summed E-state index contributed by atoms with van der Waals surface area (Å²) in [4.78, 5) is 0. The van der Waals surface area contributed by atoms with Crippen LogP contribution in [0.5, 0.6) is 0 Å². The van der Waals surface area contributed by atoms with Crippen molar-refractivity contribution in [2.24, 2.45) is 5.41 Å². The molecule has 0 fully saturated rings. The van der Waals surface area contributed by atoms with Gasteiger partial charge in [-0.3, -0.25) is 4.68 Å². The van der Waals surface area contributed by atoms with Crippen molar-refractivity contribution >= 4 is 0 Å². The molecule has 0 aromatic carbocycles. The van der Waals surface area contributed by atoms with Crippen molar-refractivity contribution in [3.63, 3.8) is 0 Å². The van der Waals surface area contributed by atoms with Crippen molar-refractivity contribution in [3.8, 4) is 0 Å². The van der Waals surface area contributed by atoms with Crippen molar-refractivity contribution in [1.82, 2.24) is 15.1 Å². The highest BCUT2D eigenvalue weighted by Crippen LogP contribution is 2.33. The lowest BCUT2D eigenvalue weighted by atomic mass is 9.76. The zero-order valence-corrected chi connectivity index (χ0v) is 15.0. The van der Waals surface area contributed by atoms with Crippen LogP contribution < -0.4 is 5.32 Å². The summed E-state index contributed by atoms with van der Waals surface area (Å²) < 4.78 is 2.18. The number of hydrogen-bond acceptors (Lipinski definition) is 2. The molecule has 0 aliphatic carbocycles. The van der Waals surface area contributed by atoms with Gasteiger partial charge in [0.1, 0.15) is 0 Å². The molecule has 1 rings (SSSR count). The van der Waals surface area contributed by atoms with E-state index in [4.69, 9.17) is 0 Å². The number of nitrogens with one attached hydrogen (secondary N) is 1. The van der Waals surface area contributed by atoms with Crippen LogP contribution in [-0.2, 0) is 13.0 Å². The zero-order chi connectivity index (χ0) is 15.9. The largest absolute Gasteiger partial charge is 0.314 e. The van der Waals surface area contributed by atoms with Gasteiger partial charge in [-0.2, -0.15) is 5.10 Å². The van der Waals surface area contributed by atoms with Crippen LogP contribution in [0, 0.1) is 12.3 Å². The van der Waals surface area contributed by atoms with E-state index in [1.54, 1.807) is 0 Å². The summed E-state index contributed by atoms with van der Waals surface area (Å²) in [6.07, 6.45) is 6.24. The van der Waals surface area contributed by atoms with Crippen LogP contribution in [0.25, 0.3) is 0 Å². The summed E-state index contributed by atoms with van der Waals surface area (Å²) >= 11 is 0. The second kappa shape index (κ2) is 8.57. The third-order valence-electron chi connectivity index (χ3n) is 4.54. The number of rotatable bonds is 10. The van der Waals surface area contributed by atoms with E-state index in [-0.39, 0.29) is 0 Å². The fourth-order valence-corrected chi connectivity index (χ4v) is 3.04. The minimum atomic E-state index is 0.361.